The molecule has 3 aromatic carbocycles. The Balaban J connectivity index is 1.50. The minimum Gasteiger partial charge on any atom is -0.489 e. The number of hydrogen-bond donors (Lipinski definition) is 2. The number of hydrogen-bond acceptors (Lipinski definition) is 14. The zero-order chi connectivity index (χ0) is 56.6. The average Bonchev–Trinajstić information content (AvgIpc) is 3.59. The number of nitrogens with one attached hydrogen (secondary N) is 1. The average molecular weight is 1080 g/mol. The van der Waals surface area contributed by atoms with Crippen molar-refractivity contribution in [3.05, 3.63) is 138 Å². The van der Waals surface area contributed by atoms with Crippen molar-refractivity contribution in [2.45, 2.75) is 160 Å². The van der Waals surface area contributed by atoms with Gasteiger partial charge in [-0.3, -0.25) is 14.4 Å². The molecule has 3 aliphatic carbocycles. The maximum atomic E-state index is 16.2. The van der Waals surface area contributed by atoms with Gasteiger partial charge in [-0.2, -0.15) is 0 Å². The van der Waals surface area contributed by atoms with Crippen molar-refractivity contribution in [2.75, 3.05) is 13.2 Å². The Morgan fingerprint density at radius 2 is 1.43 bits per heavy atom. The molecular formula is C61H77NO14Si. The second kappa shape index (κ2) is 22.6. The molecule has 16 heteroatoms. The molecule has 1 saturated heterocycles. The van der Waals surface area contributed by atoms with Crippen molar-refractivity contribution >= 4 is 43.9 Å². The fraction of sp³-hybridized carbons (Fsp3) is 0.508. The lowest BCUT2D eigenvalue weighted by Crippen LogP contribution is -2.81. The lowest BCUT2D eigenvalue weighted by molar-refractivity contribution is -0.339. The van der Waals surface area contributed by atoms with E-state index in [1.807, 2.05) is 6.92 Å². The molecule has 1 amide bonds. The van der Waals surface area contributed by atoms with Crippen LogP contribution in [0.1, 0.15) is 128 Å². The van der Waals surface area contributed by atoms with E-state index < -0.39 is 121 Å². The van der Waals surface area contributed by atoms with Crippen LogP contribution in [0, 0.1) is 22.7 Å². The Labute approximate surface area is 454 Å². The number of Topliss-reactive ketones (excluding diaryl/α,β-unsaturated/α-hetero) is 1. The zero-order valence-electron chi connectivity index (χ0n) is 46.6. The first-order valence-corrected chi connectivity index (χ1v) is 28.9. The molecule has 4 aliphatic rings. The van der Waals surface area contributed by atoms with Gasteiger partial charge in [0.05, 0.1) is 24.1 Å². The summed E-state index contributed by atoms with van der Waals surface area (Å²) in [5.74, 6) is -6.19. The Bertz CT molecular complexity index is 2750. The van der Waals surface area contributed by atoms with Gasteiger partial charge < -0.3 is 43.3 Å². The van der Waals surface area contributed by atoms with Gasteiger partial charge in [-0.05, 0) is 77.4 Å². The maximum absolute atomic E-state index is 16.2. The van der Waals surface area contributed by atoms with E-state index in [1.54, 1.807) is 119 Å². The number of esters is 4. The Morgan fingerprint density at radius 1 is 0.844 bits per heavy atom. The van der Waals surface area contributed by atoms with Crippen LogP contribution >= 0.6 is 0 Å². The topological polar surface area (TPSA) is 199 Å². The molecule has 2 saturated carbocycles. The van der Waals surface area contributed by atoms with Gasteiger partial charge in [0.2, 0.25) is 8.32 Å². The first-order chi connectivity index (χ1) is 36.3. The standard InChI is InChI=1S/C61H77NO14Si/c1-15-31-70-44-30-24-23-29-43(44)49(62-55(66)41-25-19-17-20-26-41)51(76-77(35(3)4,36(5)6)37(7)8)57(68)73-45-33-61(69)54(74-56(67)42-27-21-18-22-28-42)52-59(14,38(9)32-46-60(52,34-71-46)75-47(64)16-2)53(65)50(72-40(11)63)48(39(45)10)58(61,12)13/h15-30,35-38,45-46,49-52,54,69H,1-2,31-34H2,3-14H3,(H,62,66)/t38-,45-,46+,49-,50+,51+,52?,54?,59+,60-,61+/m0/s1. The highest BCUT2D eigenvalue weighted by atomic mass is 28.4. The van der Waals surface area contributed by atoms with Gasteiger partial charge in [-0.1, -0.05) is 143 Å². The normalized spacial score (nSPS) is 28.3. The van der Waals surface area contributed by atoms with Gasteiger partial charge >= 0.3 is 23.9 Å². The number of para-hydroxylation sites is 1. The van der Waals surface area contributed by atoms with Crippen molar-refractivity contribution in [3.8, 4) is 5.75 Å². The van der Waals surface area contributed by atoms with Crippen molar-refractivity contribution < 1.29 is 66.7 Å². The first kappa shape index (κ1) is 58.5. The number of amides is 1. The number of ether oxygens (including phenoxy) is 6. The molecular weight excluding hydrogens is 999 g/mol. The summed E-state index contributed by atoms with van der Waals surface area (Å²) < 4.78 is 46.0. The lowest BCUT2D eigenvalue weighted by atomic mass is 9.43. The number of aliphatic hydroxyl groups is 1. The second-order valence-corrected chi connectivity index (χ2v) is 28.3. The van der Waals surface area contributed by atoms with E-state index in [4.69, 9.17) is 32.8 Å². The van der Waals surface area contributed by atoms with Crippen LogP contribution in [0.3, 0.4) is 0 Å². The van der Waals surface area contributed by atoms with Gasteiger partial charge in [0.1, 0.15) is 36.3 Å². The van der Waals surface area contributed by atoms with Crippen molar-refractivity contribution in [3.63, 3.8) is 0 Å². The van der Waals surface area contributed by atoms with E-state index in [-0.39, 0.29) is 47.4 Å². The SMILES string of the molecule is C=CCOc1ccccc1[C@H](NC(=O)c1ccccc1)[C@@H](O[Si](C(C)C)(C(C)C)C(C)C)C(=O)O[C@H]1C[C@@]2(O)C(OC(=O)c3ccccc3)C3[C@](C)(C(=O)[C@H](OC(C)=O)C(=C1C)C2(C)C)[C@@H](C)C[C@H]1OC[C@@]31OC(=O)C=C. The number of carbonyl (C=O) groups is 6. The molecule has 1 heterocycles. The van der Waals surface area contributed by atoms with Crippen LogP contribution in [-0.2, 0) is 47.3 Å². The van der Waals surface area contributed by atoms with E-state index in [1.165, 1.54) is 6.92 Å². The summed E-state index contributed by atoms with van der Waals surface area (Å²) in [6, 6.07) is 22.4. The van der Waals surface area contributed by atoms with Crippen LogP contribution < -0.4 is 10.1 Å². The summed E-state index contributed by atoms with van der Waals surface area (Å²) in [5.41, 5.74) is -6.29. The summed E-state index contributed by atoms with van der Waals surface area (Å²) in [4.78, 5) is 88.7. The maximum Gasteiger partial charge on any atom is 0.338 e. The molecule has 0 radical (unpaired) electrons. The van der Waals surface area contributed by atoms with Gasteiger partial charge in [-0.15, -0.1) is 0 Å². The lowest BCUT2D eigenvalue weighted by Gasteiger charge is -2.68. The molecule has 0 spiro atoms. The molecule has 3 aromatic rings. The smallest absolute Gasteiger partial charge is 0.338 e. The Hall–Kier alpha value is -6.20. The van der Waals surface area contributed by atoms with Crippen LogP contribution in [0.4, 0.5) is 0 Å². The molecule has 7 rings (SSSR count). The summed E-state index contributed by atoms with van der Waals surface area (Å²) in [5, 5.41) is 17.5. The monoisotopic (exact) mass is 1080 g/mol. The van der Waals surface area contributed by atoms with Crippen LogP contribution in [0.2, 0.25) is 16.6 Å². The highest BCUT2D eigenvalue weighted by Gasteiger charge is 2.78. The van der Waals surface area contributed by atoms with Gasteiger partial charge in [0.15, 0.2) is 23.6 Å². The van der Waals surface area contributed by atoms with E-state index in [2.05, 4.69) is 60.0 Å². The van der Waals surface area contributed by atoms with Gasteiger partial charge in [0, 0.05) is 41.4 Å². The molecule has 0 aromatic heterocycles. The highest BCUT2D eigenvalue weighted by molar-refractivity contribution is 6.77. The molecule has 2 N–H and O–H groups in total. The van der Waals surface area contributed by atoms with Crippen molar-refractivity contribution in [2.24, 2.45) is 22.7 Å². The molecule has 2 bridgehead atoms. The quantitative estimate of drug-likeness (QED) is 0.0378. The largest absolute Gasteiger partial charge is 0.489 e. The van der Waals surface area contributed by atoms with Crippen LogP contribution in [0.5, 0.6) is 5.75 Å². The predicted octanol–water partition coefficient (Wildman–Crippen LogP) is 9.94. The van der Waals surface area contributed by atoms with Crippen molar-refractivity contribution in [1.82, 2.24) is 5.32 Å². The molecule has 414 valence electrons. The van der Waals surface area contributed by atoms with Gasteiger partial charge in [0.25, 0.3) is 5.91 Å². The first-order valence-electron chi connectivity index (χ1n) is 26.7. The second-order valence-electron chi connectivity index (χ2n) is 22.9. The fourth-order valence-corrected chi connectivity index (χ4v) is 19.0. The molecule has 1 aliphatic heterocycles. The predicted molar refractivity (Wildman–Crippen MR) is 291 cm³/mol. The third kappa shape index (κ3) is 10.3. The zero-order valence-corrected chi connectivity index (χ0v) is 47.6. The molecule has 11 atom stereocenters. The van der Waals surface area contributed by atoms with E-state index in [0.717, 1.165) is 6.08 Å². The van der Waals surface area contributed by atoms with E-state index in [0.29, 0.717) is 22.4 Å². The number of ketones is 1. The minimum absolute atomic E-state index is 0.0771. The summed E-state index contributed by atoms with van der Waals surface area (Å²) >= 11 is 0. The summed E-state index contributed by atoms with van der Waals surface area (Å²) in [6.07, 6.45) is -4.95. The number of fused-ring (bicyclic) bond motifs is 5. The third-order valence-electron chi connectivity index (χ3n) is 17.5. The molecule has 3 fully saturated rings. The van der Waals surface area contributed by atoms with E-state index in [9.17, 15) is 24.3 Å². The minimum atomic E-state index is -3.14. The summed E-state index contributed by atoms with van der Waals surface area (Å²) in [7, 11) is -3.14. The third-order valence-corrected chi connectivity index (χ3v) is 23.6. The molecule has 77 heavy (non-hydrogen) atoms. The van der Waals surface area contributed by atoms with Crippen LogP contribution in [0.15, 0.2) is 121 Å². The fourth-order valence-electron chi connectivity index (χ4n) is 13.5. The van der Waals surface area contributed by atoms with Gasteiger partial charge in [-0.25, -0.2) is 14.4 Å². The number of rotatable bonds is 19. The summed E-state index contributed by atoms with van der Waals surface area (Å²) in [6.45, 7) is 29.4. The van der Waals surface area contributed by atoms with Crippen LogP contribution in [-0.4, -0.2) is 104 Å². The van der Waals surface area contributed by atoms with E-state index >= 15 is 9.59 Å². The molecule has 15 nitrogen and oxygen atoms in total. The van der Waals surface area contributed by atoms with Crippen molar-refractivity contribution in [1.29, 1.82) is 0 Å². The number of benzene rings is 3. The van der Waals surface area contributed by atoms with Crippen LogP contribution in [0.25, 0.3) is 0 Å². The Morgan fingerprint density at radius 3 is 1.97 bits per heavy atom. The highest BCUT2D eigenvalue weighted by Crippen LogP contribution is 2.66. The Kier molecular flexibility index (Phi) is 17.2. The molecule has 2 unspecified atom stereocenters. The number of carbonyl (C=O) groups excluding carboxylic acids is 6.